The summed E-state index contributed by atoms with van der Waals surface area (Å²) in [6, 6.07) is 0. The summed E-state index contributed by atoms with van der Waals surface area (Å²) in [5.41, 5.74) is 0.987. The molecule has 0 N–H and O–H groups in total. The first kappa shape index (κ1) is 25.6. The monoisotopic (exact) mass is 415 g/mol. The number of hydrogen-bond donors (Lipinski definition) is 0. The highest BCUT2D eigenvalue weighted by Gasteiger charge is 2.12. The van der Waals surface area contributed by atoms with Gasteiger partial charge in [0.2, 0.25) is 0 Å². The summed E-state index contributed by atoms with van der Waals surface area (Å²) in [5.74, 6) is 0.133. The van der Waals surface area contributed by atoms with Crippen molar-refractivity contribution < 1.29 is 28.5 Å². The topological polar surface area (TPSA) is 93.9 Å². The van der Waals surface area contributed by atoms with Crippen LogP contribution in [0.15, 0.2) is 6.20 Å². The van der Waals surface area contributed by atoms with Gasteiger partial charge in [0.15, 0.2) is 0 Å². The average Bonchev–Trinajstić information content (AvgIpc) is 3.06. The van der Waals surface area contributed by atoms with Crippen molar-refractivity contribution in [3.8, 4) is 0 Å². The third kappa shape index (κ3) is 16.1. The molecule has 29 heavy (non-hydrogen) atoms. The van der Waals surface area contributed by atoms with Crippen molar-refractivity contribution in [2.24, 2.45) is 5.41 Å². The molecule has 1 aromatic rings. The van der Waals surface area contributed by atoms with E-state index in [1.807, 2.05) is 10.9 Å². The lowest BCUT2D eigenvalue weighted by Gasteiger charge is -2.16. The molecule has 0 saturated carbocycles. The van der Waals surface area contributed by atoms with E-state index in [4.69, 9.17) is 23.7 Å². The van der Waals surface area contributed by atoms with Crippen LogP contribution in [0.5, 0.6) is 0 Å². The predicted molar refractivity (Wildman–Crippen MR) is 108 cm³/mol. The minimum atomic E-state index is 0.133. The average molecular weight is 416 g/mol. The van der Waals surface area contributed by atoms with E-state index < -0.39 is 0 Å². The van der Waals surface area contributed by atoms with E-state index in [2.05, 4.69) is 31.1 Å². The first-order valence-electron chi connectivity index (χ1n) is 10.1. The summed E-state index contributed by atoms with van der Waals surface area (Å²) >= 11 is 0. The van der Waals surface area contributed by atoms with Crippen LogP contribution in [0, 0.1) is 5.41 Å². The van der Waals surface area contributed by atoms with Crippen LogP contribution in [-0.2, 0) is 41.6 Å². The zero-order valence-corrected chi connectivity index (χ0v) is 18.4. The van der Waals surface area contributed by atoms with Crippen molar-refractivity contribution in [3.63, 3.8) is 0 Å². The Morgan fingerprint density at radius 1 is 0.862 bits per heavy atom. The zero-order valence-electron chi connectivity index (χ0n) is 18.4. The molecule has 0 unspecified atom stereocenters. The Labute approximate surface area is 174 Å². The van der Waals surface area contributed by atoms with Gasteiger partial charge in [0.25, 0.3) is 0 Å². The molecule has 9 nitrogen and oxygen atoms in total. The molecule has 0 aliphatic heterocycles. The quantitative estimate of drug-likeness (QED) is 0.336. The Morgan fingerprint density at radius 2 is 1.34 bits per heavy atom. The van der Waals surface area contributed by atoms with Gasteiger partial charge in [-0.2, -0.15) is 0 Å². The maximum Gasteiger partial charge on any atom is 0.132 e. The molecule has 1 heterocycles. The van der Waals surface area contributed by atoms with Crippen molar-refractivity contribution in [1.82, 2.24) is 15.0 Å². The number of ether oxygens (including phenoxy) is 5. The van der Waals surface area contributed by atoms with Crippen molar-refractivity contribution in [2.45, 2.75) is 47.3 Å². The van der Waals surface area contributed by atoms with Gasteiger partial charge in [-0.1, -0.05) is 26.0 Å². The lowest BCUT2D eigenvalue weighted by molar-refractivity contribution is -0.118. The number of carbonyl (C=O) groups excluding carboxylic acids is 1. The summed E-state index contributed by atoms with van der Waals surface area (Å²) in [6.45, 7) is 13.8. The standard InChI is InChI=1S/C20H37N3O6/c1-18(24)5-6-25-7-8-26-9-10-27-11-12-28-13-14-29-16-19-15-23(22-21-19)17-20(2,3)4/h15H,5-14,16-17H2,1-4H3. The van der Waals surface area contributed by atoms with E-state index in [0.29, 0.717) is 72.5 Å². The molecule has 0 amide bonds. The number of Topliss-reactive ketones (excluding diaryl/α,β-unsaturated/α-hetero) is 1. The highest BCUT2D eigenvalue weighted by Crippen LogP contribution is 2.15. The molecule has 0 aromatic carbocycles. The van der Waals surface area contributed by atoms with Crippen molar-refractivity contribution >= 4 is 5.78 Å². The number of rotatable bonds is 18. The highest BCUT2D eigenvalue weighted by atomic mass is 16.6. The first-order chi connectivity index (χ1) is 13.9. The third-order valence-electron chi connectivity index (χ3n) is 3.56. The van der Waals surface area contributed by atoms with Gasteiger partial charge in [-0.25, -0.2) is 0 Å². The fourth-order valence-corrected chi connectivity index (χ4v) is 2.24. The summed E-state index contributed by atoms with van der Waals surface area (Å²) in [6.07, 6.45) is 2.37. The molecule has 1 rings (SSSR count). The molecule has 0 fully saturated rings. The fraction of sp³-hybridized carbons (Fsp3) is 0.850. The van der Waals surface area contributed by atoms with Crippen LogP contribution in [0.4, 0.5) is 0 Å². The first-order valence-corrected chi connectivity index (χ1v) is 10.1. The van der Waals surface area contributed by atoms with E-state index in [9.17, 15) is 4.79 Å². The van der Waals surface area contributed by atoms with Crippen molar-refractivity contribution in [3.05, 3.63) is 11.9 Å². The molecule has 1 aromatic heterocycles. The minimum absolute atomic E-state index is 0.133. The van der Waals surface area contributed by atoms with E-state index in [-0.39, 0.29) is 11.2 Å². The maximum atomic E-state index is 10.7. The molecule has 0 aliphatic rings. The largest absolute Gasteiger partial charge is 0.379 e. The lowest BCUT2D eigenvalue weighted by Crippen LogP contribution is -2.15. The van der Waals surface area contributed by atoms with Crippen LogP contribution < -0.4 is 0 Å². The van der Waals surface area contributed by atoms with Crippen LogP contribution in [0.25, 0.3) is 0 Å². The number of ketones is 1. The summed E-state index contributed by atoms with van der Waals surface area (Å²) < 4.78 is 28.9. The van der Waals surface area contributed by atoms with E-state index in [1.54, 1.807) is 6.92 Å². The number of aromatic nitrogens is 3. The Morgan fingerprint density at radius 3 is 1.83 bits per heavy atom. The Hall–Kier alpha value is -1.39. The van der Waals surface area contributed by atoms with E-state index in [0.717, 1.165) is 12.2 Å². The van der Waals surface area contributed by atoms with Gasteiger partial charge in [0.1, 0.15) is 11.5 Å². The number of carbonyl (C=O) groups is 1. The molecular formula is C20H37N3O6. The minimum Gasteiger partial charge on any atom is -0.379 e. The predicted octanol–water partition coefficient (Wildman–Crippen LogP) is 1.89. The van der Waals surface area contributed by atoms with Crippen molar-refractivity contribution in [2.75, 3.05) is 59.5 Å². The van der Waals surface area contributed by atoms with Gasteiger partial charge in [-0.05, 0) is 12.3 Å². The second-order valence-electron chi connectivity index (χ2n) is 7.92. The molecular weight excluding hydrogens is 378 g/mol. The molecule has 0 radical (unpaired) electrons. The van der Waals surface area contributed by atoms with Crippen LogP contribution >= 0.6 is 0 Å². The van der Waals surface area contributed by atoms with Gasteiger partial charge in [-0.15, -0.1) is 5.10 Å². The normalized spacial score (nSPS) is 11.9. The molecule has 0 atom stereocenters. The molecule has 0 saturated heterocycles. The smallest absolute Gasteiger partial charge is 0.132 e. The van der Waals surface area contributed by atoms with Crippen LogP contribution in [0.2, 0.25) is 0 Å². The number of nitrogens with zero attached hydrogens (tertiary/aromatic N) is 3. The van der Waals surface area contributed by atoms with Gasteiger partial charge in [0, 0.05) is 13.0 Å². The van der Waals surface area contributed by atoms with Crippen LogP contribution in [0.1, 0.15) is 39.8 Å². The lowest BCUT2D eigenvalue weighted by atomic mass is 9.97. The number of hydrogen-bond acceptors (Lipinski definition) is 8. The van der Waals surface area contributed by atoms with Crippen LogP contribution in [-0.4, -0.2) is 80.2 Å². The Bertz CT molecular complexity index is 545. The molecule has 168 valence electrons. The van der Waals surface area contributed by atoms with Gasteiger partial charge in [0.05, 0.1) is 72.3 Å². The summed E-state index contributed by atoms with van der Waals surface area (Å²) in [5, 5.41) is 8.21. The Balaban J connectivity index is 1.82. The molecule has 9 heteroatoms. The molecule has 0 spiro atoms. The Kier molecular flexibility index (Phi) is 13.7. The molecule has 0 bridgehead atoms. The molecule has 0 aliphatic carbocycles. The summed E-state index contributed by atoms with van der Waals surface area (Å²) in [7, 11) is 0. The van der Waals surface area contributed by atoms with E-state index >= 15 is 0 Å². The second-order valence-corrected chi connectivity index (χ2v) is 7.92. The maximum absolute atomic E-state index is 10.7. The fourth-order valence-electron chi connectivity index (χ4n) is 2.24. The summed E-state index contributed by atoms with van der Waals surface area (Å²) in [4.78, 5) is 10.7. The third-order valence-corrected chi connectivity index (χ3v) is 3.56. The van der Waals surface area contributed by atoms with Gasteiger partial charge >= 0.3 is 0 Å². The van der Waals surface area contributed by atoms with E-state index in [1.165, 1.54) is 0 Å². The zero-order chi connectivity index (χ0) is 21.4. The van der Waals surface area contributed by atoms with Crippen LogP contribution in [0.3, 0.4) is 0 Å². The van der Waals surface area contributed by atoms with Gasteiger partial charge < -0.3 is 23.7 Å². The highest BCUT2D eigenvalue weighted by molar-refractivity contribution is 5.75. The SMILES string of the molecule is CC(=O)CCOCCOCCOCCOCCOCc1cn(CC(C)(C)C)nn1. The van der Waals surface area contributed by atoms with Gasteiger partial charge in [-0.3, -0.25) is 9.48 Å². The second kappa shape index (κ2) is 15.4. The van der Waals surface area contributed by atoms with Crippen molar-refractivity contribution in [1.29, 1.82) is 0 Å².